The Morgan fingerprint density at radius 3 is 3.18 bits per heavy atom. The third-order valence-electron chi connectivity index (χ3n) is 4.28. The lowest BCUT2D eigenvalue weighted by atomic mass is 9.89. The molecule has 3 heterocycles. The normalized spacial score (nSPS) is 29.5. The zero-order chi connectivity index (χ0) is 11.7. The van der Waals surface area contributed by atoms with Crippen LogP contribution in [0.2, 0.25) is 0 Å². The van der Waals surface area contributed by atoms with Crippen LogP contribution in [0.25, 0.3) is 0 Å². The number of rotatable bonds is 3. The first-order valence-corrected chi connectivity index (χ1v) is 6.80. The second kappa shape index (κ2) is 4.78. The Hall–Kier alpha value is -0.870. The standard InChI is InChI=1S/C13H22N4/c1-2-17-13(3-5-15-17)10-16-6-4-11-7-14-8-12(11)9-16/h3,5,11-12,14H,2,4,6-10H2,1H3. The van der Waals surface area contributed by atoms with Crippen LogP contribution in [0.1, 0.15) is 19.0 Å². The summed E-state index contributed by atoms with van der Waals surface area (Å²) < 4.78 is 2.11. The van der Waals surface area contributed by atoms with Crippen LogP contribution < -0.4 is 5.32 Å². The van der Waals surface area contributed by atoms with Crippen molar-refractivity contribution in [1.29, 1.82) is 0 Å². The van der Waals surface area contributed by atoms with Crippen molar-refractivity contribution in [2.75, 3.05) is 26.2 Å². The van der Waals surface area contributed by atoms with Crippen LogP contribution in [0.15, 0.2) is 12.3 Å². The number of aromatic nitrogens is 2. The molecular weight excluding hydrogens is 212 g/mol. The minimum absolute atomic E-state index is 0.877. The number of nitrogens with zero attached hydrogens (tertiary/aromatic N) is 3. The van der Waals surface area contributed by atoms with Crippen molar-refractivity contribution in [2.24, 2.45) is 11.8 Å². The molecule has 0 radical (unpaired) electrons. The van der Waals surface area contributed by atoms with Crippen LogP contribution in [-0.4, -0.2) is 40.9 Å². The van der Waals surface area contributed by atoms with E-state index in [2.05, 4.69) is 33.0 Å². The van der Waals surface area contributed by atoms with Gasteiger partial charge in [-0.15, -0.1) is 0 Å². The van der Waals surface area contributed by atoms with Crippen LogP contribution in [-0.2, 0) is 13.1 Å². The molecule has 0 spiro atoms. The van der Waals surface area contributed by atoms with Gasteiger partial charge in [-0.2, -0.15) is 5.10 Å². The number of nitrogens with one attached hydrogen (secondary N) is 1. The Bertz CT molecular complexity index is 373. The van der Waals surface area contributed by atoms with Gasteiger partial charge >= 0.3 is 0 Å². The fraction of sp³-hybridized carbons (Fsp3) is 0.769. The topological polar surface area (TPSA) is 33.1 Å². The molecule has 4 nitrogen and oxygen atoms in total. The van der Waals surface area contributed by atoms with E-state index in [0.29, 0.717) is 0 Å². The number of hydrogen-bond donors (Lipinski definition) is 1. The molecule has 4 heteroatoms. The quantitative estimate of drug-likeness (QED) is 0.845. The highest BCUT2D eigenvalue weighted by Gasteiger charge is 2.32. The molecule has 2 atom stereocenters. The van der Waals surface area contributed by atoms with Crippen molar-refractivity contribution in [1.82, 2.24) is 20.0 Å². The van der Waals surface area contributed by atoms with Gasteiger partial charge in [-0.1, -0.05) is 0 Å². The van der Waals surface area contributed by atoms with E-state index in [1.54, 1.807) is 0 Å². The first kappa shape index (κ1) is 11.2. The van der Waals surface area contributed by atoms with Gasteiger partial charge in [0.25, 0.3) is 0 Å². The van der Waals surface area contributed by atoms with Crippen LogP contribution in [0.5, 0.6) is 0 Å². The van der Waals surface area contributed by atoms with Gasteiger partial charge in [-0.3, -0.25) is 9.58 Å². The molecule has 1 N–H and O–H groups in total. The van der Waals surface area contributed by atoms with Crippen molar-refractivity contribution >= 4 is 0 Å². The van der Waals surface area contributed by atoms with Gasteiger partial charge in [-0.05, 0) is 50.9 Å². The van der Waals surface area contributed by atoms with Gasteiger partial charge in [0.2, 0.25) is 0 Å². The average molecular weight is 234 g/mol. The molecule has 0 saturated carbocycles. The Labute approximate surface area is 103 Å². The molecule has 2 saturated heterocycles. The van der Waals surface area contributed by atoms with Gasteiger partial charge in [0.05, 0.1) is 5.69 Å². The number of fused-ring (bicyclic) bond motifs is 1. The van der Waals surface area contributed by atoms with Gasteiger partial charge in [0.1, 0.15) is 0 Å². The van der Waals surface area contributed by atoms with Crippen molar-refractivity contribution in [3.63, 3.8) is 0 Å². The largest absolute Gasteiger partial charge is 0.316 e. The van der Waals surface area contributed by atoms with Crippen molar-refractivity contribution in [3.05, 3.63) is 18.0 Å². The molecule has 2 aliphatic rings. The smallest absolute Gasteiger partial charge is 0.0524 e. The summed E-state index contributed by atoms with van der Waals surface area (Å²) in [4.78, 5) is 2.59. The van der Waals surface area contributed by atoms with E-state index >= 15 is 0 Å². The maximum Gasteiger partial charge on any atom is 0.0524 e. The molecule has 2 fully saturated rings. The minimum atomic E-state index is 0.877. The summed E-state index contributed by atoms with van der Waals surface area (Å²) in [6.07, 6.45) is 3.28. The molecule has 2 aliphatic heterocycles. The molecule has 1 aromatic rings. The molecule has 0 bridgehead atoms. The molecule has 2 unspecified atom stereocenters. The van der Waals surface area contributed by atoms with E-state index < -0.39 is 0 Å². The highest BCUT2D eigenvalue weighted by molar-refractivity contribution is 5.01. The van der Waals surface area contributed by atoms with Crippen LogP contribution in [0, 0.1) is 11.8 Å². The van der Waals surface area contributed by atoms with E-state index in [-0.39, 0.29) is 0 Å². The Balaban J connectivity index is 1.62. The third-order valence-corrected chi connectivity index (χ3v) is 4.28. The van der Waals surface area contributed by atoms with Crippen LogP contribution in [0.4, 0.5) is 0 Å². The van der Waals surface area contributed by atoms with E-state index in [1.165, 1.54) is 38.3 Å². The molecular formula is C13H22N4. The summed E-state index contributed by atoms with van der Waals surface area (Å²) >= 11 is 0. The average Bonchev–Trinajstić information content (AvgIpc) is 2.96. The summed E-state index contributed by atoms with van der Waals surface area (Å²) in [5.74, 6) is 1.81. The van der Waals surface area contributed by atoms with Gasteiger partial charge in [0.15, 0.2) is 0 Å². The molecule has 94 valence electrons. The lowest BCUT2D eigenvalue weighted by Crippen LogP contribution is -2.39. The highest BCUT2D eigenvalue weighted by Crippen LogP contribution is 2.27. The Morgan fingerprint density at radius 1 is 1.41 bits per heavy atom. The maximum absolute atomic E-state index is 4.34. The number of piperidine rings is 1. The SMILES string of the molecule is CCn1nccc1CN1CCC2CNCC2C1. The van der Waals surface area contributed by atoms with Crippen LogP contribution >= 0.6 is 0 Å². The summed E-state index contributed by atoms with van der Waals surface area (Å²) in [6.45, 7) is 9.16. The number of aryl methyl sites for hydroxylation is 1. The van der Waals surface area contributed by atoms with Gasteiger partial charge in [0, 0.05) is 25.8 Å². The van der Waals surface area contributed by atoms with E-state index in [1.807, 2.05) is 6.20 Å². The lowest BCUT2D eigenvalue weighted by Gasteiger charge is -2.34. The zero-order valence-corrected chi connectivity index (χ0v) is 10.6. The van der Waals surface area contributed by atoms with Crippen molar-refractivity contribution < 1.29 is 0 Å². The molecule has 0 aromatic carbocycles. The molecule has 17 heavy (non-hydrogen) atoms. The van der Waals surface area contributed by atoms with E-state index in [0.717, 1.165) is 24.9 Å². The number of hydrogen-bond acceptors (Lipinski definition) is 3. The zero-order valence-electron chi connectivity index (χ0n) is 10.6. The summed E-state index contributed by atoms with van der Waals surface area (Å²) in [5, 5.41) is 7.87. The third kappa shape index (κ3) is 2.24. The lowest BCUT2D eigenvalue weighted by molar-refractivity contribution is 0.139. The molecule has 1 aromatic heterocycles. The Morgan fingerprint density at radius 2 is 2.29 bits per heavy atom. The minimum Gasteiger partial charge on any atom is -0.316 e. The summed E-state index contributed by atoms with van der Waals surface area (Å²) in [5.41, 5.74) is 1.36. The van der Waals surface area contributed by atoms with E-state index in [9.17, 15) is 0 Å². The van der Waals surface area contributed by atoms with Crippen molar-refractivity contribution in [3.8, 4) is 0 Å². The molecule has 0 aliphatic carbocycles. The summed E-state index contributed by atoms with van der Waals surface area (Å²) in [7, 11) is 0. The predicted octanol–water partition coefficient (Wildman–Crippen LogP) is 0.944. The summed E-state index contributed by atoms with van der Waals surface area (Å²) in [6, 6.07) is 2.16. The number of likely N-dealkylation sites (tertiary alicyclic amines) is 1. The second-order valence-electron chi connectivity index (χ2n) is 5.34. The maximum atomic E-state index is 4.34. The molecule has 3 rings (SSSR count). The first-order valence-electron chi connectivity index (χ1n) is 6.80. The van der Waals surface area contributed by atoms with Gasteiger partial charge < -0.3 is 5.32 Å². The monoisotopic (exact) mass is 234 g/mol. The molecule has 0 amide bonds. The van der Waals surface area contributed by atoms with Crippen molar-refractivity contribution in [2.45, 2.75) is 26.4 Å². The Kier molecular flexibility index (Phi) is 3.16. The highest BCUT2D eigenvalue weighted by atomic mass is 15.3. The second-order valence-corrected chi connectivity index (χ2v) is 5.34. The fourth-order valence-corrected chi connectivity index (χ4v) is 3.26. The fourth-order valence-electron chi connectivity index (χ4n) is 3.26. The van der Waals surface area contributed by atoms with Crippen LogP contribution in [0.3, 0.4) is 0 Å². The predicted molar refractivity (Wildman–Crippen MR) is 67.6 cm³/mol. The van der Waals surface area contributed by atoms with E-state index in [4.69, 9.17) is 0 Å². The first-order chi connectivity index (χ1) is 8.36. The van der Waals surface area contributed by atoms with Gasteiger partial charge in [-0.25, -0.2) is 0 Å².